The Morgan fingerprint density at radius 1 is 1.09 bits per heavy atom. The molecule has 0 aromatic heterocycles. The number of hydrogen-bond acceptors (Lipinski definition) is 5. The lowest BCUT2D eigenvalue weighted by molar-refractivity contribution is -0.255. The van der Waals surface area contributed by atoms with Crippen molar-refractivity contribution in [3.63, 3.8) is 0 Å². The molecule has 1 fully saturated rings. The molecule has 0 saturated carbocycles. The van der Waals surface area contributed by atoms with Gasteiger partial charge in [-0.2, -0.15) is 0 Å². The highest BCUT2D eigenvalue weighted by molar-refractivity contribution is 5.85. The lowest BCUT2D eigenvalue weighted by atomic mass is 10.2. The first-order valence-corrected chi connectivity index (χ1v) is 8.43. The molecule has 0 amide bonds. The average molecular weight is 321 g/mol. The quantitative estimate of drug-likeness (QED) is 0.620. The van der Waals surface area contributed by atoms with E-state index < -0.39 is 5.97 Å². The van der Waals surface area contributed by atoms with Crippen LogP contribution in [0.25, 0.3) is 0 Å². The van der Waals surface area contributed by atoms with Gasteiger partial charge in [-0.15, -0.1) is 0 Å². The Labute approximate surface area is 137 Å². The van der Waals surface area contributed by atoms with Crippen molar-refractivity contribution in [1.29, 1.82) is 0 Å². The van der Waals surface area contributed by atoms with E-state index >= 15 is 0 Å². The molecule has 0 radical (unpaired) electrons. The van der Waals surface area contributed by atoms with E-state index in [9.17, 15) is 9.90 Å². The summed E-state index contributed by atoms with van der Waals surface area (Å²) in [5.74, 6) is -0.481. The lowest BCUT2D eigenvalue weighted by Crippen LogP contribution is -2.22. The molecule has 0 unspecified atom stereocenters. The molecule has 0 aliphatic carbocycles. The molecule has 128 valence electrons. The van der Waals surface area contributed by atoms with Gasteiger partial charge in [0, 0.05) is 13.2 Å². The molecule has 1 aromatic rings. The van der Waals surface area contributed by atoms with E-state index in [2.05, 4.69) is 0 Å². The first-order chi connectivity index (χ1) is 11.3. The van der Waals surface area contributed by atoms with E-state index in [1.165, 1.54) is 18.6 Å². The Morgan fingerprint density at radius 3 is 2.48 bits per heavy atom. The third kappa shape index (κ3) is 7.01. The third-order valence-corrected chi connectivity index (χ3v) is 3.84. The molecule has 0 N–H and O–H groups in total. The van der Waals surface area contributed by atoms with Gasteiger partial charge in [0.25, 0.3) is 0 Å². The van der Waals surface area contributed by atoms with Crippen LogP contribution in [-0.4, -0.2) is 32.1 Å². The fraction of sp³-hybridized carbons (Fsp3) is 0.611. The van der Waals surface area contributed by atoms with Crippen molar-refractivity contribution in [2.75, 3.05) is 19.8 Å². The minimum atomic E-state index is -1.17. The molecule has 1 aliphatic heterocycles. The van der Waals surface area contributed by atoms with Crippen LogP contribution in [0.15, 0.2) is 24.3 Å². The first-order valence-electron chi connectivity index (χ1n) is 8.43. The fourth-order valence-corrected chi connectivity index (χ4v) is 2.49. The van der Waals surface area contributed by atoms with Gasteiger partial charge in [0.2, 0.25) is 0 Å². The molecule has 2 rings (SSSR count). The zero-order chi connectivity index (χ0) is 16.3. The molecule has 5 heteroatoms. The lowest BCUT2D eigenvalue weighted by Gasteiger charge is -2.22. The van der Waals surface area contributed by atoms with Crippen LogP contribution in [0.2, 0.25) is 0 Å². The van der Waals surface area contributed by atoms with Crippen LogP contribution >= 0.6 is 0 Å². The topological polar surface area (TPSA) is 67.8 Å². The average Bonchev–Trinajstić information content (AvgIpc) is 2.58. The Balaban J connectivity index is 1.45. The number of rotatable bonds is 10. The maximum absolute atomic E-state index is 10.6. The number of benzene rings is 1. The second kappa shape index (κ2) is 10.2. The molecule has 0 spiro atoms. The van der Waals surface area contributed by atoms with Crippen molar-refractivity contribution in [3.05, 3.63) is 29.8 Å². The second-order valence-corrected chi connectivity index (χ2v) is 5.74. The summed E-state index contributed by atoms with van der Waals surface area (Å²) in [5, 5.41) is 10.6. The summed E-state index contributed by atoms with van der Waals surface area (Å²) < 4.78 is 16.8. The van der Waals surface area contributed by atoms with Crippen LogP contribution in [0.5, 0.6) is 5.75 Å². The number of carboxylic acids is 1. The first kappa shape index (κ1) is 17.8. The zero-order valence-electron chi connectivity index (χ0n) is 13.5. The van der Waals surface area contributed by atoms with Crippen LogP contribution in [-0.2, 0) is 9.47 Å². The van der Waals surface area contributed by atoms with E-state index in [1.54, 1.807) is 12.1 Å². The maximum Gasteiger partial charge on any atom is 0.157 e. The summed E-state index contributed by atoms with van der Waals surface area (Å²) in [4.78, 5) is 10.6. The van der Waals surface area contributed by atoms with Crippen LogP contribution in [0.4, 0.5) is 0 Å². The van der Waals surface area contributed by atoms with Crippen LogP contribution in [0, 0.1) is 0 Å². The van der Waals surface area contributed by atoms with Crippen LogP contribution in [0.3, 0.4) is 0 Å². The summed E-state index contributed by atoms with van der Waals surface area (Å²) in [6, 6.07) is 6.30. The number of aromatic carboxylic acids is 1. The van der Waals surface area contributed by atoms with Crippen molar-refractivity contribution >= 4 is 5.97 Å². The molecule has 0 bridgehead atoms. The fourth-order valence-electron chi connectivity index (χ4n) is 2.49. The largest absolute Gasteiger partial charge is 0.545 e. The summed E-state index contributed by atoms with van der Waals surface area (Å²) in [5.41, 5.74) is 0.166. The normalized spacial score (nSPS) is 17.8. The van der Waals surface area contributed by atoms with Gasteiger partial charge in [0.05, 0.1) is 12.6 Å². The van der Waals surface area contributed by atoms with Crippen molar-refractivity contribution in [1.82, 2.24) is 0 Å². The number of carbonyl (C=O) groups is 1. The van der Waals surface area contributed by atoms with Crippen LogP contribution in [0.1, 0.15) is 55.3 Å². The van der Waals surface area contributed by atoms with Gasteiger partial charge < -0.3 is 24.1 Å². The minimum absolute atomic E-state index is 0.0102. The molecular weight excluding hydrogens is 296 g/mol. The van der Waals surface area contributed by atoms with Gasteiger partial charge >= 0.3 is 0 Å². The Bertz CT molecular complexity index is 451. The number of ether oxygens (including phenoxy) is 3. The van der Waals surface area contributed by atoms with Crippen molar-refractivity contribution in [2.24, 2.45) is 0 Å². The van der Waals surface area contributed by atoms with Crippen molar-refractivity contribution in [3.8, 4) is 5.75 Å². The van der Waals surface area contributed by atoms with E-state index in [0.29, 0.717) is 12.4 Å². The summed E-state index contributed by atoms with van der Waals surface area (Å²) >= 11 is 0. The highest BCUT2D eigenvalue weighted by Crippen LogP contribution is 2.15. The zero-order valence-corrected chi connectivity index (χ0v) is 13.5. The van der Waals surface area contributed by atoms with Gasteiger partial charge in [0.15, 0.2) is 6.29 Å². The molecule has 23 heavy (non-hydrogen) atoms. The predicted octanol–water partition coefficient (Wildman–Crippen LogP) is 2.53. The molecule has 1 aromatic carbocycles. The predicted molar refractivity (Wildman–Crippen MR) is 84.3 cm³/mol. The molecule has 1 aliphatic rings. The van der Waals surface area contributed by atoms with E-state index in [4.69, 9.17) is 14.2 Å². The van der Waals surface area contributed by atoms with Crippen molar-refractivity contribution in [2.45, 2.75) is 51.2 Å². The Hall–Kier alpha value is -1.59. The number of carboxylic acid groups (broad SMARTS) is 1. The van der Waals surface area contributed by atoms with Gasteiger partial charge in [0.1, 0.15) is 5.75 Å². The summed E-state index contributed by atoms with van der Waals surface area (Å²) in [6.07, 6.45) is 7.59. The molecule has 1 atom stereocenters. The summed E-state index contributed by atoms with van der Waals surface area (Å²) in [7, 11) is 0. The monoisotopic (exact) mass is 321 g/mol. The van der Waals surface area contributed by atoms with Crippen molar-refractivity contribution < 1.29 is 24.1 Å². The molecular formula is C18H25O5-. The standard InChI is InChI=1S/C18H26O5/c19-18(20)15-8-10-16(11-9-15)21-12-4-1-2-5-13-22-17-7-3-6-14-23-17/h8-11,17H,1-7,12-14H2,(H,19,20)/p-1/t17-/m0/s1. The third-order valence-electron chi connectivity index (χ3n) is 3.84. The molecule has 5 nitrogen and oxygen atoms in total. The molecule has 1 heterocycles. The second-order valence-electron chi connectivity index (χ2n) is 5.74. The number of unbranched alkanes of at least 4 members (excludes halogenated alkanes) is 3. The van der Waals surface area contributed by atoms with Gasteiger partial charge in [-0.25, -0.2) is 0 Å². The van der Waals surface area contributed by atoms with E-state index in [1.807, 2.05) is 0 Å². The maximum atomic E-state index is 10.6. The van der Waals surface area contributed by atoms with E-state index in [-0.39, 0.29) is 11.9 Å². The smallest absolute Gasteiger partial charge is 0.157 e. The van der Waals surface area contributed by atoms with Gasteiger partial charge in [-0.05, 0) is 68.4 Å². The number of carbonyl (C=O) groups excluding carboxylic acids is 1. The van der Waals surface area contributed by atoms with Gasteiger partial charge in [-0.1, -0.05) is 6.42 Å². The van der Waals surface area contributed by atoms with Crippen LogP contribution < -0.4 is 9.84 Å². The highest BCUT2D eigenvalue weighted by Gasteiger charge is 2.13. The SMILES string of the molecule is O=C([O-])c1ccc(OCCCCCCO[C@@H]2CCCCO2)cc1. The highest BCUT2D eigenvalue weighted by atomic mass is 16.7. The Kier molecular flexibility index (Phi) is 7.90. The minimum Gasteiger partial charge on any atom is -0.545 e. The Morgan fingerprint density at radius 2 is 1.83 bits per heavy atom. The summed E-state index contributed by atoms with van der Waals surface area (Å²) in [6.45, 7) is 2.22. The number of hydrogen-bond donors (Lipinski definition) is 0. The van der Waals surface area contributed by atoms with E-state index in [0.717, 1.165) is 51.7 Å². The molecule has 1 saturated heterocycles. The van der Waals surface area contributed by atoms with Gasteiger partial charge in [-0.3, -0.25) is 0 Å².